The Morgan fingerprint density at radius 1 is 1.28 bits per heavy atom. The van der Waals surface area contributed by atoms with Gasteiger partial charge in [-0.05, 0) is 54.8 Å². The van der Waals surface area contributed by atoms with E-state index in [2.05, 4.69) is 19.4 Å². The van der Waals surface area contributed by atoms with Gasteiger partial charge in [0.1, 0.15) is 5.75 Å². The molecule has 0 saturated carbocycles. The summed E-state index contributed by atoms with van der Waals surface area (Å²) in [7, 11) is 0. The Hall–Kier alpha value is -4.33. The number of rotatable bonds is 6. The average Bonchev–Trinajstić information content (AvgIpc) is 3.52. The first-order valence-electron chi connectivity index (χ1n) is 11.2. The highest BCUT2D eigenvalue weighted by atomic mass is 19.4. The fourth-order valence-electron chi connectivity index (χ4n) is 4.93. The van der Waals surface area contributed by atoms with E-state index in [0.29, 0.717) is 5.56 Å². The molecule has 0 saturated heterocycles. The molecule has 11 heteroatoms. The van der Waals surface area contributed by atoms with Crippen molar-refractivity contribution in [3.63, 3.8) is 0 Å². The van der Waals surface area contributed by atoms with Crippen molar-refractivity contribution in [1.29, 1.82) is 5.26 Å². The van der Waals surface area contributed by atoms with Crippen molar-refractivity contribution in [2.24, 2.45) is 0 Å². The van der Waals surface area contributed by atoms with Crippen LogP contribution in [-0.4, -0.2) is 32.1 Å². The van der Waals surface area contributed by atoms with E-state index >= 15 is 0 Å². The molecule has 1 unspecified atom stereocenters. The third kappa shape index (κ3) is 4.26. The van der Waals surface area contributed by atoms with Gasteiger partial charge in [-0.2, -0.15) is 10.2 Å². The van der Waals surface area contributed by atoms with Gasteiger partial charge < -0.3 is 18.9 Å². The lowest BCUT2D eigenvalue weighted by molar-refractivity contribution is -0.274. The van der Waals surface area contributed by atoms with Crippen molar-refractivity contribution in [3.8, 4) is 34.7 Å². The number of fused-ring (bicyclic) bond motifs is 3. The number of carboxylic acids is 1. The highest BCUT2D eigenvalue weighted by Crippen LogP contribution is 2.41. The predicted molar refractivity (Wildman–Crippen MR) is 121 cm³/mol. The molecule has 1 aliphatic heterocycles. The fourth-order valence-corrected chi connectivity index (χ4v) is 4.93. The number of ether oxygens (including phenoxy) is 1. The van der Waals surface area contributed by atoms with Gasteiger partial charge in [0.15, 0.2) is 0 Å². The summed E-state index contributed by atoms with van der Waals surface area (Å²) >= 11 is 0. The van der Waals surface area contributed by atoms with Gasteiger partial charge in [-0.25, -0.2) is 0 Å². The standard InChI is InChI=1S/C25H19F3N4O4/c1-2-18-19-10-15(3-4-20(19)32-6-5-14(22(18)32)11-21(33)34)23-30-24(36-31-23)16-7-13(12-29)8-17(9-16)35-25(26,27)28/h3-4,7-10,14H,2,5-6,11H2,1H3,(H,33,34). The van der Waals surface area contributed by atoms with Gasteiger partial charge in [0.25, 0.3) is 5.89 Å². The Balaban J connectivity index is 1.53. The van der Waals surface area contributed by atoms with E-state index in [9.17, 15) is 28.3 Å². The van der Waals surface area contributed by atoms with Crippen LogP contribution < -0.4 is 4.74 Å². The molecule has 0 fully saturated rings. The molecule has 2 aromatic carbocycles. The summed E-state index contributed by atoms with van der Waals surface area (Å²) in [5.41, 5.74) is 3.81. The van der Waals surface area contributed by atoms with E-state index in [-0.39, 0.29) is 35.2 Å². The topological polar surface area (TPSA) is 114 Å². The van der Waals surface area contributed by atoms with Gasteiger partial charge in [0.05, 0.1) is 18.1 Å². The number of carbonyl (C=O) groups is 1. The van der Waals surface area contributed by atoms with E-state index in [4.69, 9.17) is 4.52 Å². The molecule has 0 spiro atoms. The van der Waals surface area contributed by atoms with E-state index in [1.54, 1.807) is 6.07 Å². The van der Waals surface area contributed by atoms with Gasteiger partial charge in [-0.3, -0.25) is 4.79 Å². The second-order valence-corrected chi connectivity index (χ2v) is 8.51. The lowest BCUT2D eigenvalue weighted by atomic mass is 9.94. The summed E-state index contributed by atoms with van der Waals surface area (Å²) in [6, 6.07) is 10.8. The van der Waals surface area contributed by atoms with Crippen LogP contribution in [0, 0.1) is 11.3 Å². The van der Waals surface area contributed by atoms with Gasteiger partial charge >= 0.3 is 12.3 Å². The molecule has 5 rings (SSSR count). The quantitative estimate of drug-likeness (QED) is 0.367. The summed E-state index contributed by atoms with van der Waals surface area (Å²) in [6.45, 7) is 2.76. The molecule has 2 aromatic heterocycles. The molecule has 1 N–H and O–H groups in total. The van der Waals surface area contributed by atoms with Crippen LogP contribution in [0.4, 0.5) is 13.2 Å². The van der Waals surface area contributed by atoms with E-state index in [0.717, 1.165) is 53.7 Å². The number of alkyl halides is 3. The van der Waals surface area contributed by atoms with Crippen LogP contribution in [0.3, 0.4) is 0 Å². The normalized spacial score (nSPS) is 15.1. The SMILES string of the molecule is CCc1c2n(c3ccc(-c4noc(-c5cc(C#N)cc(OC(F)(F)F)c5)n4)cc13)CCC2CC(=O)O. The molecular formula is C25H19F3N4O4. The van der Waals surface area contributed by atoms with Crippen molar-refractivity contribution < 1.29 is 32.3 Å². The van der Waals surface area contributed by atoms with E-state index in [1.165, 1.54) is 6.07 Å². The van der Waals surface area contributed by atoms with E-state index < -0.39 is 18.1 Å². The van der Waals surface area contributed by atoms with Crippen LogP contribution in [0.2, 0.25) is 0 Å². The second kappa shape index (κ2) is 8.71. The number of carboxylic acid groups (broad SMARTS) is 1. The molecule has 0 aliphatic carbocycles. The minimum Gasteiger partial charge on any atom is -0.481 e. The first-order valence-corrected chi connectivity index (χ1v) is 11.2. The summed E-state index contributed by atoms with van der Waals surface area (Å²) in [5.74, 6) is -1.28. The Morgan fingerprint density at radius 2 is 2.08 bits per heavy atom. The minimum absolute atomic E-state index is 0.0504. The maximum Gasteiger partial charge on any atom is 0.573 e. The number of aliphatic carboxylic acids is 1. The number of halogens is 3. The first-order chi connectivity index (χ1) is 17.2. The fraction of sp³-hybridized carbons (Fsp3) is 0.280. The maximum atomic E-state index is 12.7. The van der Waals surface area contributed by atoms with Gasteiger partial charge in [0.2, 0.25) is 5.82 Å². The number of benzene rings is 2. The summed E-state index contributed by atoms with van der Waals surface area (Å²) in [5, 5.41) is 23.5. The Morgan fingerprint density at radius 3 is 2.78 bits per heavy atom. The molecular weight excluding hydrogens is 477 g/mol. The van der Waals surface area contributed by atoms with Crippen LogP contribution >= 0.6 is 0 Å². The Bertz CT molecular complexity index is 1530. The zero-order valence-electron chi connectivity index (χ0n) is 19.0. The van der Waals surface area contributed by atoms with Gasteiger partial charge in [0, 0.05) is 40.2 Å². The van der Waals surface area contributed by atoms with Crippen molar-refractivity contribution in [2.45, 2.75) is 45.0 Å². The summed E-state index contributed by atoms with van der Waals surface area (Å²) < 4.78 is 49.5. The molecule has 8 nitrogen and oxygen atoms in total. The highest BCUT2D eigenvalue weighted by Gasteiger charge is 2.32. The molecule has 1 atom stereocenters. The monoisotopic (exact) mass is 496 g/mol. The largest absolute Gasteiger partial charge is 0.573 e. The smallest absolute Gasteiger partial charge is 0.481 e. The third-order valence-corrected chi connectivity index (χ3v) is 6.28. The van der Waals surface area contributed by atoms with Crippen molar-refractivity contribution in [1.82, 2.24) is 14.7 Å². The second-order valence-electron chi connectivity index (χ2n) is 8.51. The minimum atomic E-state index is -4.92. The molecule has 3 heterocycles. The molecule has 36 heavy (non-hydrogen) atoms. The van der Waals surface area contributed by atoms with Gasteiger partial charge in [-0.15, -0.1) is 13.2 Å². The van der Waals surface area contributed by atoms with Crippen LogP contribution in [-0.2, 0) is 17.8 Å². The van der Waals surface area contributed by atoms with E-state index in [1.807, 2.05) is 25.1 Å². The van der Waals surface area contributed by atoms with Crippen LogP contribution in [0.5, 0.6) is 5.75 Å². The van der Waals surface area contributed by atoms with Crippen LogP contribution in [0.15, 0.2) is 40.9 Å². The number of hydrogen-bond donors (Lipinski definition) is 1. The lowest BCUT2D eigenvalue weighted by Gasteiger charge is -2.09. The lowest BCUT2D eigenvalue weighted by Crippen LogP contribution is -2.17. The van der Waals surface area contributed by atoms with Crippen molar-refractivity contribution in [2.75, 3.05) is 0 Å². The average molecular weight is 496 g/mol. The zero-order chi connectivity index (χ0) is 25.6. The highest BCUT2D eigenvalue weighted by molar-refractivity contribution is 5.90. The number of aryl methyl sites for hydroxylation is 2. The maximum absolute atomic E-state index is 12.7. The van der Waals surface area contributed by atoms with Gasteiger partial charge in [-0.1, -0.05) is 12.1 Å². The molecule has 0 bridgehead atoms. The van der Waals surface area contributed by atoms with Crippen molar-refractivity contribution >= 4 is 16.9 Å². The Labute approximate surface area is 202 Å². The third-order valence-electron chi connectivity index (χ3n) is 6.28. The number of nitrogens with zero attached hydrogens (tertiary/aromatic N) is 4. The zero-order valence-corrected chi connectivity index (χ0v) is 19.0. The predicted octanol–water partition coefficient (Wildman–Crippen LogP) is 5.65. The summed E-state index contributed by atoms with van der Waals surface area (Å²) in [6.07, 6.45) is -3.34. The molecule has 0 radical (unpaired) electrons. The molecule has 1 aliphatic rings. The number of nitriles is 1. The molecule has 4 aromatic rings. The number of aromatic nitrogens is 3. The summed E-state index contributed by atoms with van der Waals surface area (Å²) in [4.78, 5) is 15.7. The first kappa shape index (κ1) is 23.4. The number of hydrogen-bond acceptors (Lipinski definition) is 6. The van der Waals surface area contributed by atoms with Crippen LogP contribution in [0.1, 0.15) is 42.5 Å². The molecule has 0 amide bonds. The van der Waals surface area contributed by atoms with Crippen molar-refractivity contribution in [3.05, 3.63) is 53.2 Å². The molecule has 184 valence electrons. The van der Waals surface area contributed by atoms with Crippen LogP contribution in [0.25, 0.3) is 33.7 Å². The Kier molecular flexibility index (Phi) is 5.67.